The van der Waals surface area contributed by atoms with Gasteiger partial charge in [0, 0.05) is 22.8 Å². The molecule has 25 heavy (non-hydrogen) atoms. The van der Waals surface area contributed by atoms with Crippen molar-refractivity contribution in [2.24, 2.45) is 0 Å². The first-order valence-corrected chi connectivity index (χ1v) is 8.46. The van der Waals surface area contributed by atoms with Crippen molar-refractivity contribution in [2.75, 3.05) is 12.4 Å². The molecule has 0 fully saturated rings. The van der Waals surface area contributed by atoms with E-state index in [0.717, 1.165) is 27.3 Å². The zero-order chi connectivity index (χ0) is 17.2. The number of carbonyl (C=O) groups is 1. The lowest BCUT2D eigenvalue weighted by atomic mass is 10.2. The van der Waals surface area contributed by atoms with Crippen molar-refractivity contribution in [3.05, 3.63) is 59.6 Å². The summed E-state index contributed by atoms with van der Waals surface area (Å²) >= 11 is 1.60. The standard InChI is InChI=1S/C18H14N4O2S/c1-24-17(23)11-2-5-13(6-3-11)20-18-21-14-7-4-12(10-15(14)22-18)16-19-8-9-25-16/h2-10H,1H3,(H2,20,21,22). The average Bonchev–Trinajstić information content (AvgIpc) is 3.30. The molecule has 4 aromatic rings. The molecule has 4 rings (SSSR count). The second-order valence-corrected chi connectivity index (χ2v) is 6.24. The summed E-state index contributed by atoms with van der Waals surface area (Å²) in [7, 11) is 1.36. The lowest BCUT2D eigenvalue weighted by Gasteiger charge is -2.03. The molecule has 0 atom stereocenters. The van der Waals surface area contributed by atoms with Gasteiger partial charge in [0.2, 0.25) is 5.95 Å². The zero-order valence-corrected chi connectivity index (χ0v) is 14.1. The molecule has 2 heterocycles. The van der Waals surface area contributed by atoms with Gasteiger partial charge in [-0.3, -0.25) is 0 Å². The maximum atomic E-state index is 11.5. The van der Waals surface area contributed by atoms with E-state index in [0.29, 0.717) is 11.5 Å². The van der Waals surface area contributed by atoms with Crippen molar-refractivity contribution in [1.82, 2.24) is 15.0 Å². The molecule has 0 saturated heterocycles. The Balaban J connectivity index is 1.58. The molecule has 0 spiro atoms. The van der Waals surface area contributed by atoms with Crippen LogP contribution in [0.4, 0.5) is 11.6 Å². The lowest BCUT2D eigenvalue weighted by molar-refractivity contribution is 0.0601. The minimum Gasteiger partial charge on any atom is -0.465 e. The summed E-state index contributed by atoms with van der Waals surface area (Å²) in [4.78, 5) is 23.6. The number of hydrogen-bond donors (Lipinski definition) is 2. The number of H-pyrrole nitrogens is 1. The van der Waals surface area contributed by atoms with Gasteiger partial charge in [0.05, 0.1) is 23.7 Å². The van der Waals surface area contributed by atoms with E-state index in [4.69, 9.17) is 4.74 Å². The number of nitrogens with zero attached hydrogens (tertiary/aromatic N) is 2. The monoisotopic (exact) mass is 350 g/mol. The van der Waals surface area contributed by atoms with Gasteiger partial charge in [-0.2, -0.15) is 0 Å². The predicted octanol–water partition coefficient (Wildman–Crippen LogP) is 4.22. The van der Waals surface area contributed by atoms with E-state index in [-0.39, 0.29) is 5.97 Å². The van der Waals surface area contributed by atoms with Crippen LogP contribution in [-0.2, 0) is 4.74 Å². The van der Waals surface area contributed by atoms with Crippen molar-refractivity contribution >= 4 is 40.0 Å². The van der Waals surface area contributed by atoms with Crippen molar-refractivity contribution in [1.29, 1.82) is 0 Å². The fourth-order valence-corrected chi connectivity index (χ4v) is 3.15. The number of thiazole rings is 1. The van der Waals surface area contributed by atoms with Crippen LogP contribution >= 0.6 is 11.3 Å². The minimum atomic E-state index is -0.356. The van der Waals surface area contributed by atoms with Crippen molar-refractivity contribution in [3.63, 3.8) is 0 Å². The number of hydrogen-bond acceptors (Lipinski definition) is 6. The number of esters is 1. The van der Waals surface area contributed by atoms with E-state index >= 15 is 0 Å². The number of rotatable bonds is 4. The third kappa shape index (κ3) is 3.09. The van der Waals surface area contributed by atoms with Gasteiger partial charge in [-0.05, 0) is 42.5 Å². The Kier molecular flexibility index (Phi) is 3.91. The molecule has 2 N–H and O–H groups in total. The summed E-state index contributed by atoms with van der Waals surface area (Å²) in [6.45, 7) is 0. The van der Waals surface area contributed by atoms with Gasteiger partial charge in [0.25, 0.3) is 0 Å². The van der Waals surface area contributed by atoms with E-state index in [1.165, 1.54) is 7.11 Å². The summed E-state index contributed by atoms with van der Waals surface area (Å²) in [6, 6.07) is 13.0. The Morgan fingerprint density at radius 2 is 2.04 bits per heavy atom. The predicted molar refractivity (Wildman–Crippen MR) is 98.3 cm³/mol. The first kappa shape index (κ1) is 15.3. The fraction of sp³-hybridized carbons (Fsp3) is 0.0556. The zero-order valence-electron chi connectivity index (χ0n) is 13.3. The molecule has 6 nitrogen and oxygen atoms in total. The van der Waals surface area contributed by atoms with Crippen LogP contribution in [0.25, 0.3) is 21.6 Å². The van der Waals surface area contributed by atoms with Gasteiger partial charge in [-0.15, -0.1) is 11.3 Å². The SMILES string of the molecule is COC(=O)c1ccc(Nc2nc3ccc(-c4nccs4)cc3[nH]2)cc1. The first-order chi connectivity index (χ1) is 12.2. The van der Waals surface area contributed by atoms with E-state index in [1.54, 1.807) is 41.8 Å². The molecular formula is C18H14N4O2S. The third-order valence-electron chi connectivity index (χ3n) is 3.73. The fourth-order valence-electron chi connectivity index (χ4n) is 2.51. The van der Waals surface area contributed by atoms with E-state index in [2.05, 4.69) is 20.3 Å². The van der Waals surface area contributed by atoms with Crippen LogP contribution in [0.3, 0.4) is 0 Å². The number of ether oxygens (including phenoxy) is 1. The van der Waals surface area contributed by atoms with Gasteiger partial charge >= 0.3 is 5.97 Å². The Labute approximate surface area is 147 Å². The molecule has 0 aliphatic carbocycles. The number of benzene rings is 2. The number of aromatic nitrogens is 3. The molecule has 2 aromatic heterocycles. The highest BCUT2D eigenvalue weighted by atomic mass is 32.1. The molecule has 7 heteroatoms. The Morgan fingerprint density at radius 3 is 2.76 bits per heavy atom. The van der Waals surface area contributed by atoms with Gasteiger partial charge in [0.1, 0.15) is 5.01 Å². The Morgan fingerprint density at radius 1 is 1.20 bits per heavy atom. The topological polar surface area (TPSA) is 79.9 Å². The molecule has 0 aliphatic rings. The number of methoxy groups -OCH3 is 1. The minimum absolute atomic E-state index is 0.356. The van der Waals surface area contributed by atoms with Crippen LogP contribution in [0.1, 0.15) is 10.4 Å². The maximum absolute atomic E-state index is 11.5. The highest BCUT2D eigenvalue weighted by molar-refractivity contribution is 7.13. The smallest absolute Gasteiger partial charge is 0.337 e. The largest absolute Gasteiger partial charge is 0.465 e. The van der Waals surface area contributed by atoms with E-state index in [1.807, 2.05) is 23.6 Å². The highest BCUT2D eigenvalue weighted by Crippen LogP contribution is 2.26. The number of aromatic amines is 1. The summed E-state index contributed by atoms with van der Waals surface area (Å²) < 4.78 is 4.69. The molecule has 0 amide bonds. The second kappa shape index (κ2) is 6.37. The van der Waals surface area contributed by atoms with E-state index < -0.39 is 0 Å². The van der Waals surface area contributed by atoms with Gasteiger partial charge < -0.3 is 15.0 Å². The Hall–Kier alpha value is -3.19. The average molecular weight is 350 g/mol. The summed E-state index contributed by atoms with van der Waals surface area (Å²) in [5, 5.41) is 6.13. The quantitative estimate of drug-likeness (QED) is 0.539. The number of fused-ring (bicyclic) bond motifs is 1. The third-order valence-corrected chi connectivity index (χ3v) is 4.55. The maximum Gasteiger partial charge on any atom is 0.337 e. The first-order valence-electron chi connectivity index (χ1n) is 7.58. The van der Waals surface area contributed by atoms with Gasteiger partial charge in [-0.25, -0.2) is 14.8 Å². The lowest BCUT2D eigenvalue weighted by Crippen LogP contribution is -2.01. The van der Waals surface area contributed by atoms with E-state index in [9.17, 15) is 4.79 Å². The second-order valence-electron chi connectivity index (χ2n) is 5.35. The summed E-state index contributed by atoms with van der Waals surface area (Å²) in [5.41, 5.74) is 4.19. The number of carbonyl (C=O) groups excluding carboxylic acids is 1. The van der Waals surface area contributed by atoms with Crippen LogP contribution in [0.2, 0.25) is 0 Å². The number of anilines is 2. The molecule has 124 valence electrons. The van der Waals surface area contributed by atoms with Crippen LogP contribution in [0.15, 0.2) is 54.0 Å². The molecule has 0 unspecified atom stereocenters. The van der Waals surface area contributed by atoms with Crippen molar-refractivity contribution in [3.8, 4) is 10.6 Å². The molecule has 0 aliphatic heterocycles. The van der Waals surface area contributed by atoms with Crippen molar-refractivity contribution < 1.29 is 9.53 Å². The van der Waals surface area contributed by atoms with Crippen LogP contribution in [-0.4, -0.2) is 28.0 Å². The molecular weight excluding hydrogens is 336 g/mol. The Bertz CT molecular complexity index is 1020. The number of nitrogens with one attached hydrogen (secondary N) is 2. The molecule has 0 bridgehead atoms. The van der Waals surface area contributed by atoms with Crippen molar-refractivity contribution in [2.45, 2.75) is 0 Å². The van der Waals surface area contributed by atoms with Gasteiger partial charge in [0.15, 0.2) is 0 Å². The van der Waals surface area contributed by atoms with Crippen LogP contribution in [0.5, 0.6) is 0 Å². The molecule has 0 saturated carbocycles. The highest BCUT2D eigenvalue weighted by Gasteiger charge is 2.08. The van der Waals surface area contributed by atoms with Crippen LogP contribution < -0.4 is 5.32 Å². The molecule has 2 aromatic carbocycles. The summed E-state index contributed by atoms with van der Waals surface area (Å²) in [5.74, 6) is 0.280. The van der Waals surface area contributed by atoms with Crippen LogP contribution in [0, 0.1) is 0 Å². The number of imidazole rings is 1. The molecule has 0 radical (unpaired) electrons. The summed E-state index contributed by atoms with van der Waals surface area (Å²) in [6.07, 6.45) is 1.79. The van der Waals surface area contributed by atoms with Gasteiger partial charge in [-0.1, -0.05) is 0 Å². The normalized spacial score (nSPS) is 10.8.